The molecule has 0 saturated carbocycles. The van der Waals surface area contributed by atoms with Crippen molar-refractivity contribution < 1.29 is 0 Å². The molecule has 0 radical (unpaired) electrons. The van der Waals surface area contributed by atoms with Crippen molar-refractivity contribution in [3.63, 3.8) is 0 Å². The maximum atomic E-state index is 2.41. The van der Waals surface area contributed by atoms with Crippen molar-refractivity contribution in [2.45, 2.75) is 50.4 Å². The van der Waals surface area contributed by atoms with Gasteiger partial charge in [0.1, 0.15) is 0 Å². The van der Waals surface area contributed by atoms with E-state index in [9.17, 15) is 0 Å². The topological polar surface area (TPSA) is 0 Å². The van der Waals surface area contributed by atoms with Gasteiger partial charge in [-0.05, 0) is 0 Å². The van der Waals surface area contributed by atoms with Crippen molar-refractivity contribution >= 4 is 32.7 Å². The summed E-state index contributed by atoms with van der Waals surface area (Å²) < 4.78 is 3.31. The SMILES string of the molecule is CCCC[Te]/C(=C\SC)CCCC. The number of hydrogen-bond acceptors (Lipinski definition) is 1. The van der Waals surface area contributed by atoms with E-state index in [2.05, 4.69) is 25.5 Å². The molecule has 13 heavy (non-hydrogen) atoms. The number of thioether (sulfide) groups is 1. The molecule has 0 atom stereocenters. The zero-order valence-electron chi connectivity index (χ0n) is 9.14. The van der Waals surface area contributed by atoms with Crippen molar-refractivity contribution in [1.29, 1.82) is 0 Å². The van der Waals surface area contributed by atoms with Crippen LogP contribution >= 0.6 is 11.8 Å². The summed E-state index contributed by atoms with van der Waals surface area (Å²) in [6.45, 7) is 4.57. The summed E-state index contributed by atoms with van der Waals surface area (Å²) in [6, 6.07) is 0. The summed E-state index contributed by atoms with van der Waals surface area (Å²) >= 11 is 2.09. The monoisotopic (exact) mass is 316 g/mol. The Morgan fingerprint density at radius 3 is 2.46 bits per heavy atom. The van der Waals surface area contributed by atoms with Crippen LogP contribution in [0.5, 0.6) is 0 Å². The molecule has 0 aromatic rings. The Balaban J connectivity index is 3.61. The molecule has 0 aromatic carbocycles. The Morgan fingerprint density at radius 1 is 1.23 bits per heavy atom. The summed E-state index contributed by atoms with van der Waals surface area (Å²) in [6.07, 6.45) is 9.10. The van der Waals surface area contributed by atoms with Crippen LogP contribution in [0.2, 0.25) is 4.47 Å². The second-order valence-corrected chi connectivity index (χ2v) is 7.32. The third kappa shape index (κ3) is 9.19. The van der Waals surface area contributed by atoms with Crippen LogP contribution in [0.4, 0.5) is 0 Å². The van der Waals surface area contributed by atoms with E-state index in [1.807, 2.05) is 11.8 Å². The molecule has 0 nitrogen and oxygen atoms in total. The zero-order valence-corrected chi connectivity index (χ0v) is 12.3. The molecular formula is C11H22STe. The van der Waals surface area contributed by atoms with Crippen LogP contribution in [0, 0.1) is 0 Å². The second kappa shape index (κ2) is 11.0. The van der Waals surface area contributed by atoms with E-state index >= 15 is 0 Å². The number of unbranched alkanes of at least 4 members (excludes halogenated alkanes) is 2. The van der Waals surface area contributed by atoms with Crippen LogP contribution in [-0.4, -0.2) is 27.2 Å². The fourth-order valence-electron chi connectivity index (χ4n) is 0.995. The van der Waals surface area contributed by atoms with E-state index in [-0.39, 0.29) is 20.9 Å². The molecule has 0 unspecified atom stereocenters. The molecule has 0 bridgehead atoms. The van der Waals surface area contributed by atoms with Crippen molar-refractivity contribution in [2.75, 3.05) is 6.26 Å². The average Bonchev–Trinajstić information content (AvgIpc) is 2.14. The van der Waals surface area contributed by atoms with Gasteiger partial charge in [-0.15, -0.1) is 0 Å². The number of hydrogen-bond donors (Lipinski definition) is 0. The van der Waals surface area contributed by atoms with Gasteiger partial charge in [-0.1, -0.05) is 0 Å². The fourth-order valence-corrected chi connectivity index (χ4v) is 5.66. The van der Waals surface area contributed by atoms with Crippen molar-refractivity contribution in [3.05, 3.63) is 9.03 Å². The molecule has 0 aliphatic carbocycles. The van der Waals surface area contributed by atoms with Crippen LogP contribution in [0.25, 0.3) is 0 Å². The Morgan fingerprint density at radius 2 is 1.92 bits per heavy atom. The molecule has 0 fully saturated rings. The molecule has 0 N–H and O–H groups in total. The molecule has 0 amide bonds. The normalized spacial score (nSPS) is 12.1. The Hall–Kier alpha value is 0.880. The standard InChI is InChI=1S/C11H22STe/c1-4-6-8-11(10-12-3)13-9-7-5-2/h10H,4-9H2,1-3H3/b11-10-. The molecule has 0 aromatic heterocycles. The van der Waals surface area contributed by atoms with Crippen molar-refractivity contribution in [2.24, 2.45) is 0 Å². The first-order valence-corrected chi connectivity index (χ1v) is 9.29. The number of allylic oxidation sites excluding steroid dienone is 1. The predicted molar refractivity (Wildman–Crippen MR) is 66.6 cm³/mol. The predicted octanol–water partition coefficient (Wildman–Crippen LogP) is 4.30. The summed E-state index contributed by atoms with van der Waals surface area (Å²) in [5.74, 6) is 0. The molecule has 78 valence electrons. The van der Waals surface area contributed by atoms with E-state index in [0.29, 0.717) is 0 Å². The Bertz CT molecular complexity index is 132. The van der Waals surface area contributed by atoms with Crippen LogP contribution in [0.3, 0.4) is 0 Å². The van der Waals surface area contributed by atoms with Crippen molar-refractivity contribution in [3.8, 4) is 0 Å². The van der Waals surface area contributed by atoms with Gasteiger partial charge < -0.3 is 0 Å². The van der Waals surface area contributed by atoms with Gasteiger partial charge in [0.2, 0.25) is 0 Å². The molecule has 2 heteroatoms. The van der Waals surface area contributed by atoms with Gasteiger partial charge >= 0.3 is 98.4 Å². The van der Waals surface area contributed by atoms with Gasteiger partial charge in [-0.3, -0.25) is 0 Å². The molecular weight excluding hydrogens is 292 g/mol. The summed E-state index contributed by atoms with van der Waals surface area (Å²) in [4.78, 5) is 0. The minimum atomic E-state index is 0.200. The average molecular weight is 314 g/mol. The molecule has 0 heterocycles. The van der Waals surface area contributed by atoms with Crippen LogP contribution in [0.15, 0.2) is 9.03 Å². The molecule has 0 aliphatic heterocycles. The van der Waals surface area contributed by atoms with E-state index in [4.69, 9.17) is 0 Å². The maximum absolute atomic E-state index is 2.41. The van der Waals surface area contributed by atoms with E-state index in [1.54, 1.807) is 3.62 Å². The fraction of sp³-hybridized carbons (Fsp3) is 0.818. The van der Waals surface area contributed by atoms with Crippen LogP contribution < -0.4 is 0 Å². The van der Waals surface area contributed by atoms with Gasteiger partial charge in [0.25, 0.3) is 0 Å². The first-order valence-electron chi connectivity index (χ1n) is 5.19. The Kier molecular flexibility index (Phi) is 11.7. The minimum absolute atomic E-state index is 0.200. The van der Waals surface area contributed by atoms with E-state index in [0.717, 1.165) is 0 Å². The summed E-state index contributed by atoms with van der Waals surface area (Å²) in [5, 5.41) is 2.41. The molecule has 0 spiro atoms. The summed E-state index contributed by atoms with van der Waals surface area (Å²) in [7, 11) is 0. The molecule has 0 rings (SSSR count). The Labute approximate surface area is 98.0 Å². The molecule has 0 saturated heterocycles. The third-order valence-corrected chi connectivity index (χ3v) is 6.18. The van der Waals surface area contributed by atoms with E-state index in [1.165, 1.54) is 36.6 Å². The first kappa shape index (κ1) is 13.9. The van der Waals surface area contributed by atoms with Gasteiger partial charge in [0, 0.05) is 0 Å². The summed E-state index contributed by atoms with van der Waals surface area (Å²) in [5.41, 5.74) is 0. The zero-order chi connectivity index (χ0) is 9.94. The van der Waals surface area contributed by atoms with Gasteiger partial charge in [-0.25, -0.2) is 0 Å². The quantitative estimate of drug-likeness (QED) is 0.475. The van der Waals surface area contributed by atoms with Gasteiger partial charge in [0.15, 0.2) is 0 Å². The van der Waals surface area contributed by atoms with Crippen molar-refractivity contribution in [1.82, 2.24) is 0 Å². The second-order valence-electron chi connectivity index (χ2n) is 3.13. The van der Waals surface area contributed by atoms with Crippen LogP contribution in [-0.2, 0) is 0 Å². The van der Waals surface area contributed by atoms with Gasteiger partial charge in [-0.2, -0.15) is 0 Å². The molecule has 0 aliphatic rings. The van der Waals surface area contributed by atoms with Crippen LogP contribution in [0.1, 0.15) is 46.0 Å². The first-order chi connectivity index (χ1) is 6.35. The third-order valence-electron chi connectivity index (χ3n) is 1.81. The number of rotatable bonds is 8. The van der Waals surface area contributed by atoms with Gasteiger partial charge in [0.05, 0.1) is 0 Å². The van der Waals surface area contributed by atoms with E-state index < -0.39 is 0 Å².